The normalized spacial score (nSPS) is 12.0. The van der Waals surface area contributed by atoms with Crippen molar-refractivity contribution < 1.29 is 14.6 Å². The minimum Gasteiger partial charge on any atom is -0.482 e. The van der Waals surface area contributed by atoms with Gasteiger partial charge in [0.25, 0.3) is 0 Å². The topological polar surface area (TPSA) is 46.5 Å². The van der Waals surface area contributed by atoms with Crippen molar-refractivity contribution in [3.63, 3.8) is 0 Å². The summed E-state index contributed by atoms with van der Waals surface area (Å²) in [6.45, 7) is 5.62. The number of Topliss-reactive ketones (excluding diaryl/α,β-unsaturated/α-hetero) is 1. The summed E-state index contributed by atoms with van der Waals surface area (Å²) < 4.78 is 5.71. The first-order valence-corrected chi connectivity index (χ1v) is 7.00. The standard InChI is InChI=1S/C18H20O3/c1-12-8-9-15(10-13(12)2)18(20)14(3)21-17-7-5-4-6-16(17)11-19/h4-10,14,19H,11H2,1-3H3. The molecule has 21 heavy (non-hydrogen) atoms. The number of carbonyl (C=O) groups is 1. The third-order valence-corrected chi connectivity index (χ3v) is 3.61. The average Bonchev–Trinajstić information content (AvgIpc) is 2.49. The summed E-state index contributed by atoms with van der Waals surface area (Å²) in [6.07, 6.45) is -0.597. The number of aryl methyl sites for hydroxylation is 2. The molecule has 1 atom stereocenters. The fraction of sp³-hybridized carbons (Fsp3) is 0.278. The van der Waals surface area contributed by atoms with E-state index >= 15 is 0 Å². The Kier molecular flexibility index (Phi) is 4.76. The van der Waals surface area contributed by atoms with Crippen LogP contribution in [0.4, 0.5) is 0 Å². The van der Waals surface area contributed by atoms with Crippen molar-refractivity contribution in [1.82, 2.24) is 0 Å². The fourth-order valence-corrected chi connectivity index (χ4v) is 2.12. The van der Waals surface area contributed by atoms with E-state index in [1.807, 2.05) is 44.2 Å². The fourth-order valence-electron chi connectivity index (χ4n) is 2.12. The van der Waals surface area contributed by atoms with Crippen molar-refractivity contribution >= 4 is 5.78 Å². The van der Waals surface area contributed by atoms with Crippen LogP contribution < -0.4 is 4.74 Å². The quantitative estimate of drug-likeness (QED) is 0.855. The number of para-hydroxylation sites is 1. The van der Waals surface area contributed by atoms with E-state index in [-0.39, 0.29) is 12.4 Å². The molecule has 0 aliphatic rings. The zero-order valence-electron chi connectivity index (χ0n) is 12.6. The number of aliphatic hydroxyl groups is 1. The molecular weight excluding hydrogens is 264 g/mol. The molecule has 0 saturated heterocycles. The molecule has 2 aromatic rings. The lowest BCUT2D eigenvalue weighted by molar-refractivity contribution is 0.0814. The third kappa shape index (κ3) is 3.50. The largest absolute Gasteiger partial charge is 0.482 e. The van der Waals surface area contributed by atoms with Gasteiger partial charge < -0.3 is 9.84 Å². The Bertz CT molecular complexity index is 647. The summed E-state index contributed by atoms with van der Waals surface area (Å²) in [4.78, 5) is 12.4. The van der Waals surface area contributed by atoms with Crippen molar-refractivity contribution in [3.8, 4) is 5.75 Å². The zero-order valence-corrected chi connectivity index (χ0v) is 12.6. The lowest BCUT2D eigenvalue weighted by Crippen LogP contribution is -2.24. The van der Waals surface area contributed by atoms with E-state index in [2.05, 4.69) is 0 Å². The van der Waals surface area contributed by atoms with Crippen LogP contribution in [-0.4, -0.2) is 17.0 Å². The van der Waals surface area contributed by atoms with Crippen LogP contribution in [0.3, 0.4) is 0 Å². The Labute approximate surface area is 125 Å². The first kappa shape index (κ1) is 15.3. The van der Waals surface area contributed by atoms with Gasteiger partial charge in [0.1, 0.15) is 5.75 Å². The molecule has 110 valence electrons. The van der Waals surface area contributed by atoms with Crippen LogP contribution in [-0.2, 0) is 6.61 Å². The molecule has 0 amide bonds. The molecule has 0 fully saturated rings. The van der Waals surface area contributed by atoms with Gasteiger partial charge in [-0.25, -0.2) is 0 Å². The monoisotopic (exact) mass is 284 g/mol. The Morgan fingerprint density at radius 1 is 1.14 bits per heavy atom. The maximum absolute atomic E-state index is 12.4. The van der Waals surface area contributed by atoms with Crippen molar-refractivity contribution in [2.75, 3.05) is 0 Å². The number of hydrogen-bond acceptors (Lipinski definition) is 3. The second-order valence-electron chi connectivity index (χ2n) is 5.19. The van der Waals surface area contributed by atoms with E-state index in [9.17, 15) is 9.90 Å². The van der Waals surface area contributed by atoms with Gasteiger partial charge in [-0.05, 0) is 44.0 Å². The molecule has 0 saturated carbocycles. The van der Waals surface area contributed by atoms with Gasteiger partial charge in [-0.1, -0.05) is 30.3 Å². The van der Waals surface area contributed by atoms with E-state index in [0.29, 0.717) is 16.9 Å². The molecule has 0 radical (unpaired) electrons. The number of ketones is 1. The molecule has 0 spiro atoms. The zero-order chi connectivity index (χ0) is 15.4. The highest BCUT2D eigenvalue weighted by Crippen LogP contribution is 2.21. The molecule has 2 rings (SSSR count). The average molecular weight is 284 g/mol. The summed E-state index contributed by atoms with van der Waals surface area (Å²) in [5.74, 6) is 0.482. The highest BCUT2D eigenvalue weighted by Gasteiger charge is 2.18. The maximum atomic E-state index is 12.4. The maximum Gasteiger partial charge on any atom is 0.203 e. The second kappa shape index (κ2) is 6.55. The van der Waals surface area contributed by atoms with Crippen LogP contribution in [0.1, 0.15) is 34.0 Å². The van der Waals surface area contributed by atoms with Crippen LogP contribution in [0.15, 0.2) is 42.5 Å². The molecule has 3 nitrogen and oxygen atoms in total. The summed E-state index contributed by atoms with van der Waals surface area (Å²) >= 11 is 0. The summed E-state index contributed by atoms with van der Waals surface area (Å²) in [5, 5.41) is 9.29. The molecule has 0 aliphatic carbocycles. The van der Waals surface area contributed by atoms with Gasteiger partial charge >= 0.3 is 0 Å². The van der Waals surface area contributed by atoms with Crippen molar-refractivity contribution in [1.29, 1.82) is 0 Å². The van der Waals surface area contributed by atoms with Gasteiger partial charge in [-0.2, -0.15) is 0 Å². The highest BCUT2D eigenvalue weighted by molar-refractivity contribution is 5.99. The van der Waals surface area contributed by atoms with Crippen LogP contribution in [0, 0.1) is 13.8 Å². The summed E-state index contributed by atoms with van der Waals surface area (Å²) in [7, 11) is 0. The first-order chi connectivity index (χ1) is 10.0. The molecule has 1 N–H and O–H groups in total. The van der Waals surface area contributed by atoms with Crippen LogP contribution in [0.25, 0.3) is 0 Å². The number of rotatable bonds is 5. The lowest BCUT2D eigenvalue weighted by atomic mass is 10.0. The predicted molar refractivity (Wildman–Crippen MR) is 82.7 cm³/mol. The van der Waals surface area contributed by atoms with Crippen molar-refractivity contribution in [2.24, 2.45) is 0 Å². The summed E-state index contributed by atoms with van der Waals surface area (Å²) in [5.41, 5.74) is 3.57. The second-order valence-corrected chi connectivity index (χ2v) is 5.19. The number of ether oxygens (including phenoxy) is 1. The smallest absolute Gasteiger partial charge is 0.203 e. The van der Waals surface area contributed by atoms with E-state index in [1.54, 1.807) is 19.1 Å². The molecule has 0 heterocycles. The molecule has 0 bridgehead atoms. The van der Waals surface area contributed by atoms with E-state index < -0.39 is 6.10 Å². The number of carbonyl (C=O) groups excluding carboxylic acids is 1. The van der Waals surface area contributed by atoms with Crippen LogP contribution in [0.2, 0.25) is 0 Å². The minimum absolute atomic E-state index is 0.0640. The Morgan fingerprint density at radius 2 is 1.86 bits per heavy atom. The van der Waals surface area contributed by atoms with Gasteiger partial charge in [0.05, 0.1) is 6.61 Å². The van der Waals surface area contributed by atoms with E-state index in [4.69, 9.17) is 4.74 Å². The van der Waals surface area contributed by atoms with Gasteiger partial charge in [-0.3, -0.25) is 4.79 Å². The van der Waals surface area contributed by atoms with Gasteiger partial charge in [0.2, 0.25) is 5.78 Å². The minimum atomic E-state index is -0.597. The van der Waals surface area contributed by atoms with Crippen LogP contribution >= 0.6 is 0 Å². The predicted octanol–water partition coefficient (Wildman–Crippen LogP) is 3.45. The van der Waals surface area contributed by atoms with Crippen molar-refractivity contribution in [3.05, 3.63) is 64.7 Å². The van der Waals surface area contributed by atoms with Gasteiger partial charge in [-0.15, -0.1) is 0 Å². The lowest BCUT2D eigenvalue weighted by Gasteiger charge is -2.16. The molecular formula is C18H20O3. The highest BCUT2D eigenvalue weighted by atomic mass is 16.5. The van der Waals surface area contributed by atoms with E-state index in [1.165, 1.54) is 0 Å². The molecule has 0 aliphatic heterocycles. The molecule has 3 heteroatoms. The SMILES string of the molecule is Cc1ccc(C(=O)C(C)Oc2ccccc2CO)cc1C. The Morgan fingerprint density at radius 3 is 2.52 bits per heavy atom. The summed E-state index contributed by atoms with van der Waals surface area (Å²) in [6, 6.07) is 12.8. The first-order valence-electron chi connectivity index (χ1n) is 7.00. The Balaban J connectivity index is 2.17. The van der Waals surface area contributed by atoms with Gasteiger partial charge in [0, 0.05) is 11.1 Å². The number of benzene rings is 2. The number of aliphatic hydroxyl groups excluding tert-OH is 1. The molecule has 1 unspecified atom stereocenters. The van der Waals surface area contributed by atoms with Gasteiger partial charge in [0.15, 0.2) is 6.10 Å². The number of hydrogen-bond donors (Lipinski definition) is 1. The third-order valence-electron chi connectivity index (χ3n) is 3.61. The van der Waals surface area contributed by atoms with Crippen LogP contribution in [0.5, 0.6) is 5.75 Å². The van der Waals surface area contributed by atoms with E-state index in [0.717, 1.165) is 11.1 Å². The Hall–Kier alpha value is -2.13. The van der Waals surface area contributed by atoms with Crippen molar-refractivity contribution in [2.45, 2.75) is 33.5 Å². The molecule has 0 aromatic heterocycles. The molecule has 2 aromatic carbocycles.